The number of aromatic nitrogens is 4. The maximum Gasteiger partial charge on any atom is 0.322 e. The van der Waals surface area contributed by atoms with Crippen LogP contribution in [0.25, 0.3) is 11.0 Å². The lowest BCUT2D eigenvalue weighted by molar-refractivity contribution is -0.000195. The van der Waals surface area contributed by atoms with E-state index in [1.807, 2.05) is 11.8 Å². The molecule has 33 heavy (non-hydrogen) atoms. The third-order valence-corrected chi connectivity index (χ3v) is 6.78. The monoisotopic (exact) mass is 469 g/mol. The third-order valence-electron chi connectivity index (χ3n) is 6.48. The predicted molar refractivity (Wildman–Crippen MR) is 123 cm³/mol. The van der Waals surface area contributed by atoms with Gasteiger partial charge in [-0.05, 0) is 31.9 Å². The summed E-state index contributed by atoms with van der Waals surface area (Å²) in [5.74, 6) is 0.334. The molecule has 11 heteroatoms. The first-order valence-corrected chi connectivity index (χ1v) is 11.1. The van der Waals surface area contributed by atoms with Crippen molar-refractivity contribution in [1.82, 2.24) is 29.3 Å². The molecule has 0 aromatic carbocycles. The maximum absolute atomic E-state index is 13.2. The molecule has 5 heterocycles. The standard InChI is InChI=1S/C22H24ClN7O3/c1-13-7-14(8-17(26-13)33-3)27-21(32)30-6-4-5-22(30)10-29(11-22)20(31)16-9-15-18(23)24-12-25-19(15)28(16)2/h7-9,12H,4-6,10-11H2,1-3H3,(H,26,27,32). The Morgan fingerprint density at radius 2 is 2.00 bits per heavy atom. The first-order chi connectivity index (χ1) is 15.8. The molecule has 3 aromatic heterocycles. The smallest absolute Gasteiger partial charge is 0.322 e. The number of amides is 3. The van der Waals surface area contributed by atoms with E-state index in [2.05, 4.69) is 20.3 Å². The number of anilines is 1. The highest BCUT2D eigenvalue weighted by atomic mass is 35.5. The van der Waals surface area contributed by atoms with Crippen LogP contribution in [0.3, 0.4) is 0 Å². The maximum atomic E-state index is 13.2. The fraction of sp³-hybridized carbons (Fsp3) is 0.409. The second kappa shape index (κ2) is 7.87. The normalized spacial score (nSPS) is 16.8. The highest BCUT2D eigenvalue weighted by Gasteiger charge is 2.54. The van der Waals surface area contributed by atoms with Crippen molar-refractivity contribution in [3.8, 4) is 5.88 Å². The van der Waals surface area contributed by atoms with Gasteiger partial charge in [-0.25, -0.2) is 19.7 Å². The molecule has 1 N–H and O–H groups in total. The Labute approximate surface area is 195 Å². The number of ether oxygens (including phenoxy) is 1. The van der Waals surface area contributed by atoms with Gasteiger partial charge in [0.25, 0.3) is 5.91 Å². The second-order valence-electron chi connectivity index (χ2n) is 8.60. The molecule has 0 bridgehead atoms. The van der Waals surface area contributed by atoms with Crippen molar-refractivity contribution in [3.05, 3.63) is 41.1 Å². The minimum absolute atomic E-state index is 0.112. The molecule has 0 saturated carbocycles. The first kappa shape index (κ1) is 21.4. The number of likely N-dealkylation sites (tertiary alicyclic amines) is 2. The van der Waals surface area contributed by atoms with Gasteiger partial charge in [0, 0.05) is 44.1 Å². The summed E-state index contributed by atoms with van der Waals surface area (Å²) < 4.78 is 6.93. The number of pyridine rings is 1. The number of hydrogen-bond acceptors (Lipinski definition) is 6. The first-order valence-electron chi connectivity index (χ1n) is 10.7. The summed E-state index contributed by atoms with van der Waals surface area (Å²) in [6.07, 6.45) is 3.13. The summed E-state index contributed by atoms with van der Waals surface area (Å²) in [6.45, 7) is 3.46. The fourth-order valence-corrected chi connectivity index (χ4v) is 5.05. The SMILES string of the molecule is COc1cc(NC(=O)N2CCCC23CN(C(=O)c2cc4c(Cl)ncnc4n2C)C3)cc(C)n1. The lowest BCUT2D eigenvalue weighted by atomic mass is 9.86. The number of carbonyl (C=O) groups excluding carboxylic acids is 2. The van der Waals surface area contributed by atoms with Crippen molar-refractivity contribution in [2.75, 3.05) is 32.1 Å². The van der Waals surface area contributed by atoms with Crippen LogP contribution in [0.2, 0.25) is 5.15 Å². The average Bonchev–Trinajstić information content (AvgIpc) is 3.35. The van der Waals surface area contributed by atoms with Gasteiger partial charge >= 0.3 is 6.03 Å². The number of halogens is 1. The van der Waals surface area contributed by atoms with Crippen molar-refractivity contribution in [2.24, 2.45) is 7.05 Å². The van der Waals surface area contributed by atoms with E-state index in [1.54, 1.807) is 41.8 Å². The highest BCUT2D eigenvalue weighted by molar-refractivity contribution is 6.34. The number of urea groups is 1. The molecule has 2 fully saturated rings. The highest BCUT2D eigenvalue weighted by Crippen LogP contribution is 2.39. The number of nitrogens with one attached hydrogen (secondary N) is 1. The molecule has 0 unspecified atom stereocenters. The molecule has 0 atom stereocenters. The molecule has 10 nitrogen and oxygen atoms in total. The number of nitrogens with zero attached hydrogens (tertiary/aromatic N) is 6. The van der Waals surface area contributed by atoms with Crippen molar-refractivity contribution in [3.63, 3.8) is 0 Å². The van der Waals surface area contributed by atoms with Gasteiger partial charge in [-0.2, -0.15) is 0 Å². The zero-order chi connectivity index (χ0) is 23.3. The molecule has 3 amide bonds. The van der Waals surface area contributed by atoms with Crippen LogP contribution in [0.1, 0.15) is 29.0 Å². The van der Waals surface area contributed by atoms with E-state index in [1.165, 1.54) is 6.33 Å². The van der Waals surface area contributed by atoms with Crippen LogP contribution in [0.15, 0.2) is 24.5 Å². The number of hydrogen-bond donors (Lipinski definition) is 1. The van der Waals surface area contributed by atoms with Gasteiger partial charge < -0.3 is 24.4 Å². The number of carbonyl (C=O) groups is 2. The summed E-state index contributed by atoms with van der Waals surface area (Å²) in [5.41, 5.74) is 2.13. The van der Waals surface area contributed by atoms with Gasteiger partial charge in [-0.15, -0.1) is 0 Å². The Morgan fingerprint density at radius 1 is 1.21 bits per heavy atom. The van der Waals surface area contributed by atoms with Crippen molar-refractivity contribution < 1.29 is 14.3 Å². The lowest BCUT2D eigenvalue weighted by Crippen LogP contribution is -2.70. The van der Waals surface area contributed by atoms with Crippen LogP contribution in [-0.2, 0) is 7.05 Å². The van der Waals surface area contributed by atoms with Gasteiger partial charge in [0.1, 0.15) is 22.8 Å². The van der Waals surface area contributed by atoms with E-state index in [4.69, 9.17) is 16.3 Å². The Bertz CT molecular complexity index is 1270. The van der Waals surface area contributed by atoms with Crippen molar-refractivity contribution >= 4 is 40.3 Å². The third kappa shape index (κ3) is 3.54. The molecule has 5 rings (SSSR count). The summed E-state index contributed by atoms with van der Waals surface area (Å²) in [5, 5.41) is 3.92. The molecule has 1 spiro atoms. The molecule has 0 radical (unpaired) electrons. The van der Waals surface area contributed by atoms with E-state index in [0.29, 0.717) is 53.1 Å². The lowest BCUT2D eigenvalue weighted by Gasteiger charge is -2.52. The average molecular weight is 470 g/mol. The predicted octanol–water partition coefficient (Wildman–Crippen LogP) is 2.86. The van der Waals surface area contributed by atoms with Crippen molar-refractivity contribution in [2.45, 2.75) is 25.3 Å². The van der Waals surface area contributed by atoms with Crippen LogP contribution in [-0.4, -0.2) is 73.5 Å². The summed E-state index contributed by atoms with van der Waals surface area (Å²) in [7, 11) is 3.33. The fourth-order valence-electron chi connectivity index (χ4n) is 4.87. The minimum atomic E-state index is -0.353. The van der Waals surface area contributed by atoms with Crippen molar-refractivity contribution in [1.29, 1.82) is 0 Å². The molecular weight excluding hydrogens is 446 g/mol. The van der Waals surface area contributed by atoms with E-state index < -0.39 is 0 Å². The molecule has 2 aliphatic rings. The molecule has 0 aliphatic carbocycles. The number of fused-ring (bicyclic) bond motifs is 1. The zero-order valence-corrected chi connectivity index (χ0v) is 19.4. The Morgan fingerprint density at radius 3 is 2.73 bits per heavy atom. The van der Waals surface area contributed by atoms with Gasteiger partial charge in [-0.3, -0.25) is 4.79 Å². The van der Waals surface area contributed by atoms with E-state index in [-0.39, 0.29) is 17.5 Å². The zero-order valence-electron chi connectivity index (χ0n) is 18.6. The second-order valence-corrected chi connectivity index (χ2v) is 8.96. The van der Waals surface area contributed by atoms with Crippen LogP contribution >= 0.6 is 11.6 Å². The largest absolute Gasteiger partial charge is 0.481 e. The Balaban J connectivity index is 1.31. The summed E-state index contributed by atoms with van der Waals surface area (Å²) in [4.78, 5) is 42.4. The van der Waals surface area contributed by atoms with Gasteiger partial charge in [0.2, 0.25) is 5.88 Å². The van der Waals surface area contributed by atoms with E-state index in [0.717, 1.165) is 18.5 Å². The molecular formula is C22H24ClN7O3. The Hall–Kier alpha value is -3.40. The van der Waals surface area contributed by atoms with E-state index >= 15 is 0 Å². The van der Waals surface area contributed by atoms with E-state index in [9.17, 15) is 9.59 Å². The summed E-state index contributed by atoms with van der Waals surface area (Å²) >= 11 is 6.17. The van der Waals surface area contributed by atoms with Gasteiger partial charge in [-0.1, -0.05) is 11.6 Å². The van der Waals surface area contributed by atoms with Crippen LogP contribution < -0.4 is 10.1 Å². The molecule has 172 valence electrons. The topological polar surface area (TPSA) is 105 Å². The Kier molecular flexibility index (Phi) is 5.12. The molecule has 3 aromatic rings. The van der Waals surface area contributed by atoms with Gasteiger partial charge in [0.05, 0.1) is 18.0 Å². The van der Waals surface area contributed by atoms with Crippen LogP contribution in [0.4, 0.5) is 10.5 Å². The quantitative estimate of drug-likeness (QED) is 0.591. The molecule has 2 saturated heterocycles. The number of methoxy groups -OCH3 is 1. The number of rotatable bonds is 3. The summed E-state index contributed by atoms with van der Waals surface area (Å²) in [6, 6.07) is 5.04. The van der Waals surface area contributed by atoms with Gasteiger partial charge in [0.15, 0.2) is 0 Å². The molecule has 2 aliphatic heterocycles. The van der Waals surface area contributed by atoms with Crippen LogP contribution in [0, 0.1) is 6.92 Å². The number of aryl methyl sites for hydroxylation is 2. The van der Waals surface area contributed by atoms with Crippen LogP contribution in [0.5, 0.6) is 5.88 Å². The minimum Gasteiger partial charge on any atom is -0.481 e.